The first-order chi connectivity index (χ1) is 67.2. The van der Waals surface area contributed by atoms with Crippen molar-refractivity contribution in [2.24, 2.45) is 5.73 Å². The molecule has 42 heteroatoms. The van der Waals surface area contributed by atoms with Gasteiger partial charge in [-0.15, -0.1) is 0 Å². The Kier molecular flexibility index (Phi) is 36.3. The van der Waals surface area contributed by atoms with E-state index in [0.29, 0.717) is 182 Å². The topological polar surface area (TPSA) is 440 Å². The SMILES string of the molecule is C[C@@H]1CN(c2ccc(-c3ccc(C(=O)CCCOCCOCCOCCCc4cccc5c4C(=O)N(C4CCC(=O)NC4=O)C5=O)cc3F)cc2NC(=O)c2c[nH]c(=O)cc2C(F)(F)F)C[C@H](C)N1C.C[C@@H]1CN(c2ccc(-c3ccc(C(=O)O)cc3F)cc2NC(=O)c2c[nH]c(=O)cc2C(F)(F)F)C[C@H](C)N1C.NCCOCCOCCOCCCc1cccc2c1C(=O)N(C1CCC(=O)NC1=O)C2=O. The molecule has 141 heavy (non-hydrogen) atoms. The minimum Gasteiger partial charge on any atom is -0.478 e. The summed E-state index contributed by atoms with van der Waals surface area (Å²) in [5.41, 5.74) is 3.37. The molecule has 0 saturated carbocycles. The quantitative estimate of drug-likeness (QED) is 0.00771. The van der Waals surface area contributed by atoms with E-state index in [9.17, 15) is 97.9 Å². The van der Waals surface area contributed by atoms with E-state index in [0.717, 1.165) is 27.5 Å². The number of hydrogen-bond acceptors (Lipinski definition) is 25. The molecule has 8 aromatic rings. The number of H-pyrrole nitrogens is 2. The number of carboxylic acid groups (broad SMARTS) is 1. The Balaban J connectivity index is 0.000000210. The normalized spacial score (nSPS) is 18.4. The van der Waals surface area contributed by atoms with Crippen LogP contribution in [0.1, 0.15) is 184 Å². The van der Waals surface area contributed by atoms with Gasteiger partial charge in [-0.05, 0) is 164 Å². The number of nitrogens with two attached hydrogens (primary N) is 1. The highest BCUT2D eigenvalue weighted by molar-refractivity contribution is 6.25. The molecule has 9 N–H and O–H groups in total. The maximum Gasteiger partial charge on any atom is 0.417 e. The van der Waals surface area contributed by atoms with Crippen molar-refractivity contribution >= 4 is 93.6 Å². The zero-order valence-electron chi connectivity index (χ0n) is 78.2. The number of nitrogens with one attached hydrogen (secondary N) is 6. The van der Waals surface area contributed by atoms with Gasteiger partial charge in [0.15, 0.2) is 5.78 Å². The van der Waals surface area contributed by atoms with Gasteiger partial charge in [0.25, 0.3) is 35.4 Å². The Morgan fingerprint density at radius 1 is 0.447 bits per heavy atom. The summed E-state index contributed by atoms with van der Waals surface area (Å²) in [7, 11) is 3.97. The molecule has 6 atom stereocenters. The predicted molar refractivity (Wildman–Crippen MR) is 499 cm³/mol. The molecule has 4 fully saturated rings. The molecule has 6 aliphatic heterocycles. The average Bonchev–Trinajstić information content (AvgIpc) is 1.61. The summed E-state index contributed by atoms with van der Waals surface area (Å²) in [6.07, 6.45) is -5.49. The molecule has 2 aromatic heterocycles. The number of aryl methyl sites for hydroxylation is 2. The van der Waals surface area contributed by atoms with Gasteiger partial charge in [-0.1, -0.05) is 54.6 Å². The molecular formula is C99H109F8N13O21. The van der Waals surface area contributed by atoms with Crippen LogP contribution in [0, 0.1) is 11.6 Å². The van der Waals surface area contributed by atoms with E-state index in [1.165, 1.54) is 36.4 Å². The number of ketones is 1. The third-order valence-electron chi connectivity index (χ3n) is 25.0. The number of piperazine rings is 2. The number of aromatic carboxylic acids is 1. The van der Waals surface area contributed by atoms with Crippen molar-refractivity contribution in [3.63, 3.8) is 0 Å². The average molecular weight is 1970 g/mol. The number of benzene rings is 6. The van der Waals surface area contributed by atoms with E-state index in [2.05, 4.69) is 41.0 Å². The lowest BCUT2D eigenvalue weighted by molar-refractivity contribution is -0.138. The van der Waals surface area contributed by atoms with E-state index >= 15 is 4.39 Å². The minimum atomic E-state index is -4.99. The number of pyridine rings is 2. The number of hydrogen-bond donors (Lipinski definition) is 8. The number of fused-ring (bicyclic) bond motifs is 2. The van der Waals surface area contributed by atoms with Gasteiger partial charge in [-0.2, -0.15) is 26.3 Å². The van der Waals surface area contributed by atoms with Crippen molar-refractivity contribution in [1.82, 2.24) is 40.2 Å². The summed E-state index contributed by atoms with van der Waals surface area (Å²) < 4.78 is 146. The number of carbonyl (C=O) groups is 12. The van der Waals surface area contributed by atoms with Crippen LogP contribution in [0.5, 0.6) is 0 Å². The highest BCUT2D eigenvalue weighted by atomic mass is 19.4. The second kappa shape index (κ2) is 48.1. The van der Waals surface area contributed by atoms with E-state index in [1.54, 1.807) is 54.6 Å². The van der Waals surface area contributed by atoms with E-state index in [-0.39, 0.29) is 132 Å². The number of alkyl halides is 6. The Hall–Kier alpha value is -13.5. The number of carbonyl (C=O) groups excluding carboxylic acids is 11. The fourth-order valence-electron chi connectivity index (χ4n) is 17.3. The Morgan fingerprint density at radius 2 is 0.816 bits per heavy atom. The fourth-order valence-corrected chi connectivity index (χ4v) is 17.3. The van der Waals surface area contributed by atoms with E-state index in [4.69, 9.17) is 39.3 Å². The summed E-state index contributed by atoms with van der Waals surface area (Å²) in [5, 5.41) is 18.6. The lowest BCUT2D eigenvalue weighted by Crippen LogP contribution is -2.55. The first kappa shape index (κ1) is 106. The van der Waals surface area contributed by atoms with Crippen LogP contribution in [0.2, 0.25) is 0 Å². The molecule has 0 spiro atoms. The summed E-state index contributed by atoms with van der Waals surface area (Å²) in [6.45, 7) is 15.4. The number of Topliss-reactive ketones (excluding diaryl/α,β-unsaturated/α-hetero) is 1. The number of aromatic nitrogens is 2. The molecule has 6 aromatic carbocycles. The number of piperidine rings is 2. The molecule has 2 unspecified atom stereocenters. The number of ether oxygens (including phenoxy) is 6. The van der Waals surface area contributed by atoms with E-state index < -0.39 is 134 Å². The van der Waals surface area contributed by atoms with Crippen LogP contribution in [0.3, 0.4) is 0 Å². The number of nitrogens with zero attached hydrogens (tertiary/aromatic N) is 6. The maximum atomic E-state index is 15.8. The maximum absolute atomic E-state index is 15.8. The molecule has 6 aliphatic rings. The molecule has 0 bridgehead atoms. The van der Waals surface area contributed by atoms with Crippen LogP contribution in [-0.2, 0) is 72.8 Å². The van der Waals surface area contributed by atoms with Gasteiger partial charge in [-0.3, -0.25) is 92.6 Å². The first-order valence-corrected chi connectivity index (χ1v) is 45.9. The smallest absolute Gasteiger partial charge is 0.417 e. The van der Waals surface area contributed by atoms with Crippen molar-refractivity contribution in [3.8, 4) is 22.3 Å². The lowest BCUT2D eigenvalue weighted by atomic mass is 9.98. The molecule has 0 radical (unpaired) electrons. The highest BCUT2D eigenvalue weighted by Gasteiger charge is 2.48. The van der Waals surface area contributed by atoms with Gasteiger partial charge in [0.2, 0.25) is 34.7 Å². The molecule has 14 rings (SSSR count). The van der Waals surface area contributed by atoms with Crippen LogP contribution >= 0.6 is 0 Å². The van der Waals surface area contributed by atoms with Gasteiger partial charge in [0.1, 0.15) is 23.7 Å². The van der Waals surface area contributed by atoms with E-state index in [1.807, 2.05) is 57.7 Å². The highest BCUT2D eigenvalue weighted by Crippen LogP contribution is 2.41. The second-order valence-corrected chi connectivity index (χ2v) is 34.6. The zero-order chi connectivity index (χ0) is 102. The number of halogens is 8. The van der Waals surface area contributed by atoms with Crippen molar-refractivity contribution < 1.29 is 126 Å². The van der Waals surface area contributed by atoms with Crippen LogP contribution in [0.15, 0.2) is 143 Å². The monoisotopic (exact) mass is 1970 g/mol. The fraction of sp³-hybridized carbons (Fsp3) is 0.414. The first-order valence-electron chi connectivity index (χ1n) is 45.9. The number of anilines is 4. The summed E-state index contributed by atoms with van der Waals surface area (Å²) >= 11 is 0. The van der Waals surface area contributed by atoms with Crippen molar-refractivity contribution in [2.75, 3.05) is 147 Å². The summed E-state index contributed by atoms with van der Waals surface area (Å²) in [4.78, 5) is 188. The van der Waals surface area contributed by atoms with Gasteiger partial charge in [0.05, 0.1) is 132 Å². The molecule has 8 heterocycles. The lowest BCUT2D eigenvalue weighted by Gasteiger charge is -2.44. The van der Waals surface area contributed by atoms with Gasteiger partial charge in [-0.25, -0.2) is 13.6 Å². The minimum absolute atomic E-state index is 0.0409. The van der Waals surface area contributed by atoms with Crippen LogP contribution in [0.4, 0.5) is 57.9 Å². The molecule has 34 nitrogen and oxygen atoms in total. The number of carboxylic acids is 1. The van der Waals surface area contributed by atoms with Gasteiger partial charge < -0.3 is 69.7 Å². The second-order valence-electron chi connectivity index (χ2n) is 34.6. The Bertz CT molecular complexity index is 6110. The number of imide groups is 4. The largest absolute Gasteiger partial charge is 0.478 e. The molecule has 0 aliphatic carbocycles. The third kappa shape index (κ3) is 26.6. The third-order valence-corrected chi connectivity index (χ3v) is 25.0. The molecule has 10 amide bonds. The van der Waals surface area contributed by atoms with Crippen LogP contribution in [0.25, 0.3) is 22.3 Å². The zero-order valence-corrected chi connectivity index (χ0v) is 78.2. The number of amides is 10. The summed E-state index contributed by atoms with van der Waals surface area (Å²) in [5.74, 6) is -9.58. The number of likely N-dealkylation sites (N-methyl/N-ethyl adjacent to an activating group) is 2. The van der Waals surface area contributed by atoms with Crippen molar-refractivity contribution in [1.29, 1.82) is 0 Å². The standard InChI is InChI=1S/C50H54F4N6O10.C27H26F4N4O4.C22H29N3O7/c1-29-27-59(28-30(2)58(29)3)40-14-12-32(24-39(40)56-46(64)36-26-55-44(63)25-37(36)50(52,53)54)34-13-11-33(23-38(34)51)42(61)10-6-18-69-20-22-70-21-19-68-17-5-8-31-7-4-9-35-45(31)49(67)60(48(35)66)41-15-16-43(62)57-47(41)65;1-14-12-35(13-15(2)34(14)3)23-7-5-16(18-6-4-17(26(38)39)8-21(18)28)9-22(23)33-25(37)19-11-32-24(36)10-20(19)27(29,30)31;23-8-10-31-12-14-32-13-11-30-9-2-4-15-3-1-5-16-19(15)22(29)25(21(16)28)17-6-7-18(26)24-20(17)27/h4,7,9,11-14,23-26,29-30,41H,5-6,8,10,15-22,27-28H2,1-3H3,(H,55,63)(H,56,64)(H,57,62,65);4-11,14-15H,12-13H2,1-3H3,(H,32,36)(H,33,37)(H,38,39);1,3,5,17H,2,4,6-14,23H2,(H,24,26,27)/t29-,30+,41?;14-,15+;. The summed E-state index contributed by atoms with van der Waals surface area (Å²) in [6, 6.07) is 26.1. The predicted octanol–water partition coefficient (Wildman–Crippen LogP) is 10.7. The molecule has 4 saturated heterocycles. The van der Waals surface area contributed by atoms with Crippen molar-refractivity contribution in [2.45, 2.75) is 141 Å². The molecule has 752 valence electrons. The van der Waals surface area contributed by atoms with Gasteiger partial charge >= 0.3 is 18.3 Å². The van der Waals surface area contributed by atoms with Crippen LogP contribution in [-0.4, -0.2) is 268 Å². The number of rotatable bonds is 38. The van der Waals surface area contributed by atoms with Crippen molar-refractivity contribution in [3.05, 3.63) is 233 Å². The Morgan fingerprint density at radius 3 is 1.18 bits per heavy atom. The van der Waals surface area contributed by atoms with Crippen LogP contribution < -0.4 is 47.9 Å². The Labute approximate surface area is 804 Å². The van der Waals surface area contributed by atoms with Gasteiger partial charge in [0, 0.05) is 137 Å². The molecular weight excluding hydrogens is 1860 g/mol. The number of aromatic amines is 2.